The molecular formula is C19H30O. The van der Waals surface area contributed by atoms with E-state index in [-0.39, 0.29) is 0 Å². The van der Waals surface area contributed by atoms with Crippen LogP contribution in [-0.4, -0.2) is 5.78 Å². The molecule has 1 rings (SSSR count). The van der Waals surface area contributed by atoms with Gasteiger partial charge in [-0.3, -0.25) is 4.79 Å². The van der Waals surface area contributed by atoms with Crippen molar-refractivity contribution in [3.05, 3.63) is 34.9 Å². The summed E-state index contributed by atoms with van der Waals surface area (Å²) in [6, 6.07) is 6.10. The molecule has 112 valence electrons. The van der Waals surface area contributed by atoms with Gasteiger partial charge < -0.3 is 0 Å². The van der Waals surface area contributed by atoms with Gasteiger partial charge in [0.15, 0.2) is 5.78 Å². The van der Waals surface area contributed by atoms with Gasteiger partial charge in [-0.1, -0.05) is 70.1 Å². The Morgan fingerprint density at radius 2 is 1.35 bits per heavy atom. The number of carbonyl (C=O) groups excluding carboxylic acids is 1. The van der Waals surface area contributed by atoms with E-state index in [0.717, 1.165) is 23.1 Å². The van der Waals surface area contributed by atoms with Crippen LogP contribution in [0.15, 0.2) is 18.2 Å². The number of carbonyl (C=O) groups is 1. The van der Waals surface area contributed by atoms with Gasteiger partial charge in [-0.25, -0.2) is 0 Å². The van der Waals surface area contributed by atoms with Gasteiger partial charge >= 0.3 is 0 Å². The molecule has 0 spiro atoms. The van der Waals surface area contributed by atoms with E-state index in [1.165, 1.54) is 44.9 Å². The van der Waals surface area contributed by atoms with Crippen molar-refractivity contribution in [2.45, 2.75) is 78.6 Å². The zero-order valence-electron chi connectivity index (χ0n) is 13.5. The fraction of sp³-hybridized carbons (Fsp3) is 0.632. The minimum Gasteiger partial charge on any atom is -0.294 e. The van der Waals surface area contributed by atoms with Crippen molar-refractivity contribution in [3.63, 3.8) is 0 Å². The quantitative estimate of drug-likeness (QED) is 0.377. The second-order valence-electron chi connectivity index (χ2n) is 5.91. The van der Waals surface area contributed by atoms with Gasteiger partial charge in [0.1, 0.15) is 0 Å². The van der Waals surface area contributed by atoms with Crippen LogP contribution in [0.2, 0.25) is 0 Å². The molecule has 1 nitrogen and oxygen atoms in total. The monoisotopic (exact) mass is 274 g/mol. The average molecular weight is 274 g/mol. The van der Waals surface area contributed by atoms with E-state index in [9.17, 15) is 4.79 Å². The third kappa shape index (κ3) is 5.90. The van der Waals surface area contributed by atoms with Crippen LogP contribution in [-0.2, 0) is 0 Å². The highest BCUT2D eigenvalue weighted by molar-refractivity contribution is 5.98. The number of Topliss-reactive ketones (excluding diaryl/α,β-unsaturated/α-hetero) is 1. The minimum atomic E-state index is 0.326. The Hall–Kier alpha value is -1.11. The Bertz CT molecular complexity index is 386. The first-order valence-electron chi connectivity index (χ1n) is 8.26. The lowest BCUT2D eigenvalue weighted by molar-refractivity contribution is 0.0978. The molecule has 0 fully saturated rings. The van der Waals surface area contributed by atoms with Gasteiger partial charge in [0.2, 0.25) is 0 Å². The lowest BCUT2D eigenvalue weighted by atomic mass is 9.96. The molecule has 1 heteroatoms. The van der Waals surface area contributed by atoms with Crippen LogP contribution < -0.4 is 0 Å². The SMILES string of the molecule is CCCCCCCCCCC(=O)c1c(C)cccc1C. The van der Waals surface area contributed by atoms with Gasteiger partial charge in [0, 0.05) is 12.0 Å². The molecule has 0 N–H and O–H groups in total. The molecule has 0 heterocycles. The largest absolute Gasteiger partial charge is 0.294 e. The van der Waals surface area contributed by atoms with Gasteiger partial charge in [-0.2, -0.15) is 0 Å². The molecule has 20 heavy (non-hydrogen) atoms. The van der Waals surface area contributed by atoms with Gasteiger partial charge in [0.25, 0.3) is 0 Å². The maximum Gasteiger partial charge on any atom is 0.163 e. The second-order valence-corrected chi connectivity index (χ2v) is 5.91. The van der Waals surface area contributed by atoms with Crippen molar-refractivity contribution in [2.24, 2.45) is 0 Å². The summed E-state index contributed by atoms with van der Waals surface area (Å²) < 4.78 is 0. The summed E-state index contributed by atoms with van der Waals surface area (Å²) >= 11 is 0. The lowest BCUT2D eigenvalue weighted by Crippen LogP contribution is -2.04. The summed E-state index contributed by atoms with van der Waals surface area (Å²) in [6.45, 7) is 6.32. The topological polar surface area (TPSA) is 17.1 Å². The Balaban J connectivity index is 2.21. The molecule has 0 radical (unpaired) electrons. The van der Waals surface area contributed by atoms with Crippen molar-refractivity contribution >= 4 is 5.78 Å². The van der Waals surface area contributed by atoms with E-state index < -0.39 is 0 Å². The molecule has 0 aliphatic rings. The number of benzene rings is 1. The molecular weight excluding hydrogens is 244 g/mol. The first kappa shape index (κ1) is 16.9. The van der Waals surface area contributed by atoms with Gasteiger partial charge in [-0.05, 0) is 31.4 Å². The van der Waals surface area contributed by atoms with Gasteiger partial charge in [0.05, 0.1) is 0 Å². The molecule has 0 saturated carbocycles. The molecule has 0 aliphatic carbocycles. The highest BCUT2D eigenvalue weighted by Gasteiger charge is 2.10. The Morgan fingerprint density at radius 1 is 0.850 bits per heavy atom. The molecule has 0 bridgehead atoms. The van der Waals surface area contributed by atoms with Crippen LogP contribution in [0.25, 0.3) is 0 Å². The third-order valence-corrected chi connectivity index (χ3v) is 4.02. The van der Waals surface area contributed by atoms with E-state index in [4.69, 9.17) is 0 Å². The number of unbranched alkanes of at least 4 members (excludes halogenated alkanes) is 7. The van der Waals surface area contributed by atoms with Crippen LogP contribution in [0.3, 0.4) is 0 Å². The number of hydrogen-bond acceptors (Lipinski definition) is 1. The van der Waals surface area contributed by atoms with Crippen molar-refractivity contribution < 1.29 is 4.79 Å². The Morgan fingerprint density at radius 3 is 1.90 bits per heavy atom. The molecule has 0 aromatic heterocycles. The standard InChI is InChI=1S/C19H30O/c1-4-5-6-7-8-9-10-11-15-18(20)19-16(2)13-12-14-17(19)3/h12-14H,4-11,15H2,1-3H3. The van der Waals surface area contributed by atoms with Crippen LogP contribution in [0.4, 0.5) is 0 Å². The fourth-order valence-corrected chi connectivity index (χ4v) is 2.80. The number of ketones is 1. The van der Waals surface area contributed by atoms with Crippen LogP contribution in [0, 0.1) is 13.8 Å². The maximum atomic E-state index is 12.3. The second kappa shape index (κ2) is 9.74. The highest BCUT2D eigenvalue weighted by atomic mass is 16.1. The van der Waals surface area contributed by atoms with Crippen LogP contribution in [0.5, 0.6) is 0 Å². The zero-order valence-corrected chi connectivity index (χ0v) is 13.5. The molecule has 1 aromatic carbocycles. The van der Waals surface area contributed by atoms with Crippen molar-refractivity contribution in [2.75, 3.05) is 0 Å². The molecule has 0 saturated heterocycles. The minimum absolute atomic E-state index is 0.326. The number of rotatable bonds is 10. The molecule has 0 atom stereocenters. The fourth-order valence-electron chi connectivity index (χ4n) is 2.80. The van der Waals surface area contributed by atoms with Crippen LogP contribution >= 0.6 is 0 Å². The Labute approximate surface area is 124 Å². The normalized spacial score (nSPS) is 10.8. The van der Waals surface area contributed by atoms with E-state index in [1.807, 2.05) is 32.0 Å². The number of aryl methyl sites for hydroxylation is 2. The lowest BCUT2D eigenvalue weighted by Gasteiger charge is -2.08. The highest BCUT2D eigenvalue weighted by Crippen LogP contribution is 2.17. The third-order valence-electron chi connectivity index (χ3n) is 4.02. The van der Waals surface area contributed by atoms with Gasteiger partial charge in [-0.15, -0.1) is 0 Å². The van der Waals surface area contributed by atoms with Crippen LogP contribution in [0.1, 0.15) is 86.2 Å². The molecule has 1 aromatic rings. The molecule has 0 unspecified atom stereocenters. The first-order chi connectivity index (χ1) is 9.66. The van der Waals surface area contributed by atoms with Crippen molar-refractivity contribution in [3.8, 4) is 0 Å². The summed E-state index contributed by atoms with van der Waals surface area (Å²) in [7, 11) is 0. The first-order valence-corrected chi connectivity index (χ1v) is 8.26. The number of hydrogen-bond donors (Lipinski definition) is 0. The predicted molar refractivity (Wildman–Crippen MR) is 87.5 cm³/mol. The summed E-state index contributed by atoms with van der Waals surface area (Å²) in [4.78, 5) is 12.3. The molecule has 0 aliphatic heterocycles. The smallest absolute Gasteiger partial charge is 0.163 e. The summed E-state index contributed by atoms with van der Waals surface area (Å²) in [5.41, 5.74) is 3.19. The maximum absolute atomic E-state index is 12.3. The van der Waals surface area contributed by atoms with Crippen molar-refractivity contribution in [1.29, 1.82) is 0 Å². The van der Waals surface area contributed by atoms with E-state index in [1.54, 1.807) is 0 Å². The Kier molecular flexibility index (Phi) is 8.25. The summed E-state index contributed by atoms with van der Waals surface area (Å²) in [6.07, 6.45) is 11.0. The molecule has 0 amide bonds. The zero-order chi connectivity index (χ0) is 14.8. The van der Waals surface area contributed by atoms with E-state index in [0.29, 0.717) is 12.2 Å². The summed E-state index contributed by atoms with van der Waals surface area (Å²) in [5.74, 6) is 0.326. The predicted octanol–water partition coefficient (Wildman–Crippen LogP) is 6.02. The van der Waals surface area contributed by atoms with Crippen molar-refractivity contribution in [1.82, 2.24) is 0 Å². The van der Waals surface area contributed by atoms with E-state index in [2.05, 4.69) is 6.92 Å². The van der Waals surface area contributed by atoms with E-state index >= 15 is 0 Å². The average Bonchev–Trinajstić information content (AvgIpc) is 2.41. The summed E-state index contributed by atoms with van der Waals surface area (Å²) in [5, 5.41) is 0.